The highest BCUT2D eigenvalue weighted by molar-refractivity contribution is 6.32. The largest absolute Gasteiger partial charge is 0.492 e. The van der Waals surface area contributed by atoms with Crippen LogP contribution in [0, 0.1) is 0 Å². The number of hydrogen-bond acceptors (Lipinski definition) is 4. The second-order valence-corrected chi connectivity index (χ2v) is 6.26. The number of ether oxygens (including phenoxy) is 1. The van der Waals surface area contributed by atoms with Gasteiger partial charge in [0.25, 0.3) is 0 Å². The van der Waals surface area contributed by atoms with Crippen molar-refractivity contribution >= 4 is 17.4 Å². The van der Waals surface area contributed by atoms with Crippen LogP contribution in [0.4, 0.5) is 0 Å². The van der Waals surface area contributed by atoms with Gasteiger partial charge in [0.2, 0.25) is 0 Å². The Labute approximate surface area is 154 Å². The van der Waals surface area contributed by atoms with Crippen molar-refractivity contribution in [3.63, 3.8) is 0 Å². The van der Waals surface area contributed by atoms with E-state index >= 15 is 0 Å². The first-order chi connectivity index (χ1) is 11.8. The molecule has 0 fully saturated rings. The summed E-state index contributed by atoms with van der Waals surface area (Å²) in [6, 6.07) is 9.36. The lowest BCUT2D eigenvalue weighted by molar-refractivity contribution is 0.0968. The first-order valence-corrected chi connectivity index (χ1v) is 8.71. The van der Waals surface area contributed by atoms with Crippen molar-refractivity contribution in [2.24, 2.45) is 0 Å². The number of carbonyl (C=O) groups excluding carboxylic acids is 1. The Morgan fingerprint density at radius 2 is 2.04 bits per heavy atom. The Balaban J connectivity index is 0.00000225. The molecule has 0 radical (unpaired) electrons. The topological polar surface area (TPSA) is 51.2 Å². The second-order valence-electron chi connectivity index (χ2n) is 5.85. The van der Waals surface area contributed by atoms with Crippen LogP contribution in [0.5, 0.6) is 5.75 Å². The maximum Gasteiger partial charge on any atom is 0.181 e. The fourth-order valence-corrected chi connectivity index (χ4v) is 3.16. The SMILES string of the molecule is C.O=C(CCCOc1c(Cl)ccc2c1CCNCC2)c1ccccn1. The van der Waals surface area contributed by atoms with Gasteiger partial charge in [-0.15, -0.1) is 0 Å². The van der Waals surface area contributed by atoms with Crippen LogP contribution >= 0.6 is 11.6 Å². The van der Waals surface area contributed by atoms with E-state index in [1.807, 2.05) is 12.1 Å². The van der Waals surface area contributed by atoms with Gasteiger partial charge in [0.05, 0.1) is 11.6 Å². The molecule has 0 amide bonds. The molecule has 0 atom stereocenters. The van der Waals surface area contributed by atoms with E-state index in [2.05, 4.69) is 16.4 Å². The summed E-state index contributed by atoms with van der Waals surface area (Å²) >= 11 is 6.33. The van der Waals surface area contributed by atoms with Gasteiger partial charge in [-0.3, -0.25) is 9.78 Å². The van der Waals surface area contributed by atoms with Crippen molar-refractivity contribution < 1.29 is 9.53 Å². The number of nitrogens with zero attached hydrogens (tertiary/aromatic N) is 1. The van der Waals surface area contributed by atoms with Gasteiger partial charge in [-0.05, 0) is 56.1 Å². The monoisotopic (exact) mass is 360 g/mol. The summed E-state index contributed by atoms with van der Waals surface area (Å²) in [4.78, 5) is 16.1. The Hall–Kier alpha value is -1.91. The maximum absolute atomic E-state index is 12.0. The Kier molecular flexibility index (Phi) is 7.41. The van der Waals surface area contributed by atoms with Crippen molar-refractivity contribution in [3.05, 3.63) is 58.4 Å². The molecular weight excluding hydrogens is 336 g/mol. The summed E-state index contributed by atoms with van der Waals surface area (Å²) < 4.78 is 5.94. The highest BCUT2D eigenvalue weighted by Gasteiger charge is 2.16. The van der Waals surface area contributed by atoms with E-state index in [0.717, 1.165) is 31.7 Å². The molecular formula is C20H25ClN2O2. The summed E-state index contributed by atoms with van der Waals surface area (Å²) in [6.07, 6.45) is 4.61. The van der Waals surface area contributed by atoms with Crippen LogP contribution in [0.25, 0.3) is 0 Å². The first-order valence-electron chi connectivity index (χ1n) is 8.33. The number of nitrogens with one attached hydrogen (secondary N) is 1. The van der Waals surface area contributed by atoms with E-state index in [1.54, 1.807) is 18.3 Å². The standard InChI is InChI=1S/C19H21ClN2O2.CH4/c20-16-7-6-14-8-11-21-12-9-15(14)19(16)24-13-3-5-18(23)17-4-1-2-10-22-17;/h1-2,4,6-7,10,21H,3,5,8-9,11-13H2;1H4. The molecule has 0 saturated heterocycles. The molecule has 0 spiro atoms. The number of rotatable bonds is 6. The van der Waals surface area contributed by atoms with Gasteiger partial charge in [-0.1, -0.05) is 31.2 Å². The number of aromatic nitrogens is 1. The van der Waals surface area contributed by atoms with Crippen molar-refractivity contribution in [1.29, 1.82) is 0 Å². The highest BCUT2D eigenvalue weighted by Crippen LogP contribution is 2.33. The molecule has 0 aliphatic carbocycles. The van der Waals surface area contributed by atoms with Gasteiger partial charge in [-0.2, -0.15) is 0 Å². The molecule has 2 heterocycles. The maximum atomic E-state index is 12.0. The fraction of sp³-hybridized carbons (Fsp3) is 0.400. The number of fused-ring (bicyclic) bond motifs is 1. The van der Waals surface area contributed by atoms with Crippen LogP contribution in [0.15, 0.2) is 36.5 Å². The minimum atomic E-state index is 0. The van der Waals surface area contributed by atoms with Crippen molar-refractivity contribution in [2.75, 3.05) is 19.7 Å². The van der Waals surface area contributed by atoms with Gasteiger partial charge in [0.15, 0.2) is 5.78 Å². The Bertz CT molecular complexity index is 704. The Morgan fingerprint density at radius 1 is 1.20 bits per heavy atom. The van der Waals surface area contributed by atoms with Gasteiger partial charge in [0, 0.05) is 18.2 Å². The van der Waals surface area contributed by atoms with Gasteiger partial charge < -0.3 is 10.1 Å². The zero-order valence-electron chi connectivity index (χ0n) is 13.6. The zero-order valence-corrected chi connectivity index (χ0v) is 14.3. The molecule has 4 nitrogen and oxygen atoms in total. The number of hydrogen-bond donors (Lipinski definition) is 1. The van der Waals surface area contributed by atoms with Crippen LogP contribution < -0.4 is 10.1 Å². The molecule has 0 unspecified atom stereocenters. The summed E-state index contributed by atoms with van der Waals surface area (Å²) in [5.74, 6) is 0.824. The average molecular weight is 361 g/mol. The molecule has 5 heteroatoms. The normalized spacial score (nSPS) is 13.3. The van der Waals surface area contributed by atoms with Gasteiger partial charge in [0.1, 0.15) is 11.4 Å². The number of Topliss-reactive ketones (excluding diaryl/α,β-unsaturated/α-hetero) is 1. The number of ketones is 1. The number of pyridine rings is 1. The third-order valence-corrected chi connectivity index (χ3v) is 4.48. The lowest BCUT2D eigenvalue weighted by Gasteiger charge is -2.15. The van der Waals surface area contributed by atoms with E-state index < -0.39 is 0 Å². The molecule has 2 aromatic rings. The molecule has 25 heavy (non-hydrogen) atoms. The van der Waals surface area contributed by atoms with Gasteiger partial charge in [-0.25, -0.2) is 0 Å². The molecule has 0 saturated carbocycles. The minimum absolute atomic E-state index is 0. The van der Waals surface area contributed by atoms with E-state index in [1.165, 1.54) is 11.1 Å². The number of benzene rings is 1. The quantitative estimate of drug-likeness (QED) is 0.622. The van der Waals surface area contributed by atoms with Crippen LogP contribution in [-0.2, 0) is 12.8 Å². The number of halogens is 1. The molecule has 1 aliphatic rings. The molecule has 3 rings (SSSR count). The number of carbonyl (C=O) groups is 1. The molecule has 1 aromatic heterocycles. The fourth-order valence-electron chi connectivity index (χ4n) is 2.93. The van der Waals surface area contributed by atoms with E-state index in [-0.39, 0.29) is 13.2 Å². The molecule has 1 aromatic carbocycles. The summed E-state index contributed by atoms with van der Waals surface area (Å²) in [5.41, 5.74) is 3.00. The third-order valence-electron chi connectivity index (χ3n) is 4.18. The Morgan fingerprint density at radius 3 is 2.84 bits per heavy atom. The van der Waals surface area contributed by atoms with E-state index in [4.69, 9.17) is 16.3 Å². The molecule has 134 valence electrons. The lowest BCUT2D eigenvalue weighted by atomic mass is 10.0. The van der Waals surface area contributed by atoms with Crippen LogP contribution in [0.3, 0.4) is 0 Å². The predicted octanol–water partition coefficient (Wildman–Crippen LogP) is 4.10. The second kappa shape index (κ2) is 9.54. The van der Waals surface area contributed by atoms with Crippen LogP contribution in [-0.4, -0.2) is 30.5 Å². The van der Waals surface area contributed by atoms with Crippen molar-refractivity contribution in [2.45, 2.75) is 33.1 Å². The van der Waals surface area contributed by atoms with E-state index in [9.17, 15) is 4.79 Å². The van der Waals surface area contributed by atoms with Crippen molar-refractivity contribution in [3.8, 4) is 5.75 Å². The summed E-state index contributed by atoms with van der Waals surface area (Å²) in [5, 5.41) is 4.04. The first kappa shape index (κ1) is 19.4. The van der Waals surface area contributed by atoms with Crippen LogP contribution in [0.1, 0.15) is 41.9 Å². The lowest BCUT2D eigenvalue weighted by Crippen LogP contribution is -2.16. The average Bonchev–Trinajstić information content (AvgIpc) is 2.86. The van der Waals surface area contributed by atoms with Crippen LogP contribution in [0.2, 0.25) is 5.02 Å². The zero-order chi connectivity index (χ0) is 16.8. The highest BCUT2D eigenvalue weighted by atomic mass is 35.5. The van der Waals surface area contributed by atoms with Crippen molar-refractivity contribution in [1.82, 2.24) is 10.3 Å². The summed E-state index contributed by atoms with van der Waals surface area (Å²) in [6.45, 7) is 2.39. The molecule has 1 N–H and O–H groups in total. The summed E-state index contributed by atoms with van der Waals surface area (Å²) in [7, 11) is 0. The minimum Gasteiger partial charge on any atom is -0.492 e. The molecule has 1 aliphatic heterocycles. The smallest absolute Gasteiger partial charge is 0.181 e. The van der Waals surface area contributed by atoms with Gasteiger partial charge >= 0.3 is 0 Å². The predicted molar refractivity (Wildman–Crippen MR) is 102 cm³/mol. The van der Waals surface area contributed by atoms with E-state index in [0.29, 0.717) is 30.2 Å². The third kappa shape index (κ3) is 5.03. The molecule has 0 bridgehead atoms.